The zero-order valence-corrected chi connectivity index (χ0v) is 15.4. The van der Waals surface area contributed by atoms with Crippen molar-refractivity contribution in [3.8, 4) is 11.5 Å². The van der Waals surface area contributed by atoms with Crippen LogP contribution in [0.4, 0.5) is 0 Å². The maximum absolute atomic E-state index is 12.4. The van der Waals surface area contributed by atoms with E-state index in [0.29, 0.717) is 29.0 Å². The van der Waals surface area contributed by atoms with E-state index in [1.807, 2.05) is 18.2 Å². The first-order chi connectivity index (χ1) is 14.1. The number of pyridine rings is 1. The Bertz CT molecular complexity index is 1120. The fourth-order valence-electron chi connectivity index (χ4n) is 3.05. The molecule has 2 heterocycles. The van der Waals surface area contributed by atoms with Crippen molar-refractivity contribution in [3.63, 3.8) is 0 Å². The minimum atomic E-state index is -0.613. The van der Waals surface area contributed by atoms with Crippen LogP contribution >= 0.6 is 0 Å². The molecule has 8 nitrogen and oxygen atoms in total. The zero-order valence-electron chi connectivity index (χ0n) is 15.4. The third-order valence-electron chi connectivity index (χ3n) is 4.54. The minimum Gasteiger partial charge on any atom is -0.486 e. The van der Waals surface area contributed by atoms with Gasteiger partial charge in [0.25, 0.3) is 5.91 Å². The summed E-state index contributed by atoms with van der Waals surface area (Å²) >= 11 is 0. The minimum absolute atomic E-state index is 0.0443. The van der Waals surface area contributed by atoms with E-state index >= 15 is 0 Å². The molecule has 0 aliphatic carbocycles. The van der Waals surface area contributed by atoms with Gasteiger partial charge < -0.3 is 25.1 Å². The number of nitrogens with one attached hydrogen (secondary N) is 3. The highest BCUT2D eigenvalue weighted by Gasteiger charge is 2.21. The molecule has 0 bridgehead atoms. The van der Waals surface area contributed by atoms with Crippen molar-refractivity contribution in [1.82, 2.24) is 15.6 Å². The van der Waals surface area contributed by atoms with Crippen LogP contribution in [0.15, 0.2) is 59.5 Å². The number of H-pyrrole nitrogens is 1. The predicted molar refractivity (Wildman–Crippen MR) is 106 cm³/mol. The molecule has 0 saturated carbocycles. The van der Waals surface area contributed by atoms with Gasteiger partial charge in [0.1, 0.15) is 18.3 Å². The second-order valence-electron chi connectivity index (χ2n) is 6.56. The average molecular weight is 393 g/mol. The van der Waals surface area contributed by atoms with Gasteiger partial charge in [-0.3, -0.25) is 14.4 Å². The molecule has 1 unspecified atom stereocenters. The molecule has 0 radical (unpaired) electrons. The molecule has 148 valence electrons. The van der Waals surface area contributed by atoms with Crippen molar-refractivity contribution < 1.29 is 19.1 Å². The van der Waals surface area contributed by atoms with Crippen LogP contribution in [0.3, 0.4) is 0 Å². The van der Waals surface area contributed by atoms with Crippen molar-refractivity contribution in [2.45, 2.75) is 6.10 Å². The fraction of sp³-hybridized carbons (Fsp3) is 0.190. The third-order valence-corrected chi connectivity index (χ3v) is 4.54. The normalized spacial score (nSPS) is 15.0. The Hall–Kier alpha value is -3.81. The number of amides is 2. The van der Waals surface area contributed by atoms with Gasteiger partial charge in [-0.1, -0.05) is 24.3 Å². The Balaban J connectivity index is 1.29. The molecule has 1 aromatic heterocycles. The molecule has 8 heteroatoms. The Morgan fingerprint density at radius 2 is 1.79 bits per heavy atom. The monoisotopic (exact) mass is 393 g/mol. The van der Waals surface area contributed by atoms with Crippen LogP contribution in [0.5, 0.6) is 11.5 Å². The fourth-order valence-corrected chi connectivity index (χ4v) is 3.05. The number of aromatic nitrogens is 1. The molecule has 3 aromatic rings. The molecule has 2 amide bonds. The summed E-state index contributed by atoms with van der Waals surface area (Å²) in [6, 6.07) is 14.2. The summed E-state index contributed by atoms with van der Waals surface area (Å²) in [5, 5.41) is 5.57. The molecule has 1 aliphatic heterocycles. The van der Waals surface area contributed by atoms with Crippen molar-refractivity contribution in [2.75, 3.05) is 19.7 Å². The Kier molecular flexibility index (Phi) is 5.15. The summed E-state index contributed by atoms with van der Waals surface area (Å²) in [7, 11) is 0. The van der Waals surface area contributed by atoms with Gasteiger partial charge >= 0.3 is 0 Å². The van der Waals surface area contributed by atoms with Crippen molar-refractivity contribution in [2.24, 2.45) is 0 Å². The smallest absolute Gasteiger partial charge is 0.257 e. The van der Waals surface area contributed by atoms with Crippen molar-refractivity contribution >= 4 is 22.7 Å². The lowest BCUT2D eigenvalue weighted by Crippen LogP contribution is -2.44. The second kappa shape index (κ2) is 8.05. The van der Waals surface area contributed by atoms with Crippen LogP contribution in [0, 0.1) is 0 Å². The second-order valence-corrected chi connectivity index (χ2v) is 6.56. The lowest BCUT2D eigenvalue weighted by Gasteiger charge is -2.26. The molecule has 29 heavy (non-hydrogen) atoms. The summed E-state index contributed by atoms with van der Waals surface area (Å²) in [6.45, 7) is 0.297. The molecule has 4 rings (SSSR count). The van der Waals surface area contributed by atoms with Crippen LogP contribution in [0.2, 0.25) is 0 Å². The Labute approximate surface area is 165 Å². The Morgan fingerprint density at radius 3 is 2.66 bits per heavy atom. The summed E-state index contributed by atoms with van der Waals surface area (Å²) in [4.78, 5) is 39.7. The largest absolute Gasteiger partial charge is 0.486 e. The van der Waals surface area contributed by atoms with Crippen LogP contribution in [0.1, 0.15) is 10.4 Å². The number of para-hydroxylation sites is 3. The average Bonchev–Trinajstić information content (AvgIpc) is 2.76. The van der Waals surface area contributed by atoms with E-state index in [4.69, 9.17) is 9.47 Å². The molecule has 3 N–H and O–H groups in total. The Morgan fingerprint density at radius 1 is 1.03 bits per heavy atom. The van der Waals surface area contributed by atoms with Gasteiger partial charge in [0.05, 0.1) is 13.1 Å². The van der Waals surface area contributed by atoms with E-state index in [1.165, 1.54) is 6.20 Å². The molecule has 1 atom stereocenters. The van der Waals surface area contributed by atoms with Crippen LogP contribution < -0.4 is 25.5 Å². The highest BCUT2D eigenvalue weighted by Crippen LogP contribution is 2.30. The number of fused-ring (bicyclic) bond motifs is 2. The predicted octanol–water partition coefficient (Wildman–Crippen LogP) is 1.21. The van der Waals surface area contributed by atoms with Crippen molar-refractivity contribution in [1.29, 1.82) is 0 Å². The first-order valence-electron chi connectivity index (χ1n) is 9.15. The maximum Gasteiger partial charge on any atom is 0.257 e. The number of carbonyl (C=O) groups excluding carboxylic acids is 2. The van der Waals surface area contributed by atoms with Gasteiger partial charge in [-0.2, -0.15) is 0 Å². The number of rotatable bonds is 5. The highest BCUT2D eigenvalue weighted by atomic mass is 16.6. The van der Waals surface area contributed by atoms with E-state index in [0.717, 1.165) is 0 Å². The summed E-state index contributed by atoms with van der Waals surface area (Å²) in [5.41, 5.74) is 0.212. The molecular formula is C21H19N3O5. The van der Waals surface area contributed by atoms with Crippen molar-refractivity contribution in [3.05, 3.63) is 70.5 Å². The number of aromatic amines is 1. The zero-order chi connectivity index (χ0) is 20.2. The lowest BCUT2D eigenvalue weighted by molar-refractivity contribution is -0.120. The standard InChI is InChI=1S/C21H19N3O5/c25-19(23-9-13-12-28-17-7-3-4-8-18(17)29-13)11-24-21(27)15-10-22-16-6-2-1-5-14(16)20(15)26/h1-8,10,13H,9,11-12H2,(H,22,26)(H,23,25)(H,24,27). The molecule has 0 fully saturated rings. The van der Waals surface area contributed by atoms with E-state index in [9.17, 15) is 14.4 Å². The first-order valence-corrected chi connectivity index (χ1v) is 9.15. The van der Waals surface area contributed by atoms with Gasteiger partial charge in [-0.25, -0.2) is 0 Å². The van der Waals surface area contributed by atoms with Crippen LogP contribution in [-0.4, -0.2) is 42.6 Å². The van der Waals surface area contributed by atoms with E-state index in [-0.39, 0.29) is 30.2 Å². The number of hydrogen-bond acceptors (Lipinski definition) is 5. The molecular weight excluding hydrogens is 374 g/mol. The van der Waals surface area contributed by atoms with Gasteiger partial charge in [0.2, 0.25) is 11.3 Å². The number of carbonyl (C=O) groups is 2. The van der Waals surface area contributed by atoms with Gasteiger partial charge in [-0.15, -0.1) is 0 Å². The highest BCUT2D eigenvalue weighted by molar-refractivity contribution is 5.98. The van der Waals surface area contributed by atoms with Crippen LogP contribution in [0.25, 0.3) is 10.9 Å². The molecule has 2 aromatic carbocycles. The van der Waals surface area contributed by atoms with E-state index in [2.05, 4.69) is 15.6 Å². The van der Waals surface area contributed by atoms with Gasteiger partial charge in [0, 0.05) is 17.1 Å². The van der Waals surface area contributed by atoms with Gasteiger partial charge in [-0.05, 0) is 24.3 Å². The summed E-state index contributed by atoms with van der Waals surface area (Å²) < 4.78 is 11.3. The van der Waals surface area contributed by atoms with E-state index in [1.54, 1.807) is 30.3 Å². The number of ether oxygens (including phenoxy) is 2. The SMILES string of the molecule is O=C(CNC(=O)c1c[nH]c2ccccc2c1=O)NCC1COc2ccccc2O1. The molecule has 1 aliphatic rings. The third kappa shape index (κ3) is 4.06. The topological polar surface area (TPSA) is 110 Å². The summed E-state index contributed by atoms with van der Waals surface area (Å²) in [5.74, 6) is 0.293. The quantitative estimate of drug-likeness (QED) is 0.604. The van der Waals surface area contributed by atoms with Gasteiger partial charge in [0.15, 0.2) is 11.5 Å². The molecule has 0 saturated heterocycles. The first kappa shape index (κ1) is 18.5. The number of benzene rings is 2. The van der Waals surface area contributed by atoms with E-state index < -0.39 is 11.8 Å². The molecule has 0 spiro atoms. The van der Waals surface area contributed by atoms with Crippen LogP contribution in [-0.2, 0) is 4.79 Å². The summed E-state index contributed by atoms with van der Waals surface area (Å²) in [6.07, 6.45) is 1.02. The maximum atomic E-state index is 12.4. The lowest BCUT2D eigenvalue weighted by atomic mass is 10.1. The number of hydrogen-bond donors (Lipinski definition) is 3.